The highest BCUT2D eigenvalue weighted by atomic mass is 16.7. The number of fused-ring (bicyclic) bond motifs is 7. The zero-order valence-electron chi connectivity index (χ0n) is 32.7. The Kier molecular flexibility index (Phi) is 10.2. The Bertz CT molecular complexity index is 1430. The Morgan fingerprint density at radius 3 is 2.15 bits per heavy atom. The lowest BCUT2D eigenvalue weighted by molar-refractivity contribution is -0.351. The summed E-state index contributed by atoms with van der Waals surface area (Å²) in [6.45, 7) is 15.8. The molecule has 6 fully saturated rings. The van der Waals surface area contributed by atoms with Gasteiger partial charge in [0.25, 0.3) is 0 Å². The Morgan fingerprint density at radius 1 is 0.792 bits per heavy atom. The first-order chi connectivity index (χ1) is 24.7. The number of hydrogen-bond acceptors (Lipinski definition) is 11. The molecular weight excluding hydrogens is 684 g/mol. The van der Waals surface area contributed by atoms with Gasteiger partial charge < -0.3 is 54.7 Å². The van der Waals surface area contributed by atoms with Crippen LogP contribution in [0, 0.1) is 50.2 Å². The summed E-state index contributed by atoms with van der Waals surface area (Å²) in [6, 6.07) is 0. The molecule has 5 aliphatic carbocycles. The van der Waals surface area contributed by atoms with E-state index in [4.69, 9.17) is 18.9 Å². The van der Waals surface area contributed by atoms with Crippen molar-refractivity contribution < 1.29 is 59.5 Å². The summed E-state index contributed by atoms with van der Waals surface area (Å²) in [4.78, 5) is 13.0. The van der Waals surface area contributed by atoms with Crippen LogP contribution in [0.25, 0.3) is 0 Å². The predicted molar refractivity (Wildman–Crippen MR) is 192 cm³/mol. The summed E-state index contributed by atoms with van der Waals surface area (Å²) in [5, 5.41) is 73.2. The molecule has 2 heterocycles. The van der Waals surface area contributed by atoms with Crippen molar-refractivity contribution in [2.24, 2.45) is 50.2 Å². The number of rotatable bonds is 6. The van der Waals surface area contributed by atoms with Crippen molar-refractivity contribution in [1.82, 2.24) is 0 Å². The van der Waals surface area contributed by atoms with Gasteiger partial charge in [0.05, 0.1) is 24.7 Å². The summed E-state index contributed by atoms with van der Waals surface area (Å²) in [5.74, 6) is 0.218. The fourth-order valence-electron chi connectivity index (χ4n) is 13.4. The van der Waals surface area contributed by atoms with E-state index in [1.807, 2.05) is 0 Å². The molecule has 4 saturated carbocycles. The van der Waals surface area contributed by atoms with Gasteiger partial charge in [0, 0.05) is 0 Å². The molecule has 17 atom stereocenters. The van der Waals surface area contributed by atoms with E-state index in [-0.39, 0.29) is 45.7 Å². The molecular formula is C41H66O12. The Labute approximate surface area is 314 Å². The number of ether oxygens (including phenoxy) is 4. The monoisotopic (exact) mass is 750 g/mol. The van der Waals surface area contributed by atoms with E-state index in [9.17, 15) is 40.5 Å². The molecule has 302 valence electrons. The highest BCUT2D eigenvalue weighted by Gasteiger charge is 2.69. The first-order valence-corrected chi connectivity index (χ1v) is 20.2. The molecule has 0 bridgehead atoms. The number of aliphatic hydroxyl groups excluding tert-OH is 6. The van der Waals surface area contributed by atoms with E-state index in [0.29, 0.717) is 11.8 Å². The average Bonchev–Trinajstić information content (AvgIpc) is 3.09. The van der Waals surface area contributed by atoms with Crippen LogP contribution in [0.2, 0.25) is 0 Å². The standard InChI is InChI=1S/C41H66O12/c1-36(2)14-16-41(35(48)49)17-15-39(6)21(22(41)18-36)8-9-26-38(5)12-11-27(37(3,4)25(38)10-13-40(26,39)7)53-33-31(46)29(44)24(20-50-33)52-34-32(47)30(45)28(43)23(19-42)51-34/h8,22-34,42-47H,9-20H2,1-7H3,(H,48,49). The minimum Gasteiger partial charge on any atom is -0.481 e. The van der Waals surface area contributed by atoms with Crippen molar-refractivity contribution in [2.45, 2.75) is 174 Å². The van der Waals surface area contributed by atoms with Gasteiger partial charge in [0.2, 0.25) is 0 Å². The number of allylic oxidation sites excluding steroid dienone is 2. The van der Waals surface area contributed by atoms with Gasteiger partial charge in [0.15, 0.2) is 12.6 Å². The largest absolute Gasteiger partial charge is 0.481 e. The van der Waals surface area contributed by atoms with E-state index in [1.54, 1.807) is 0 Å². The third kappa shape index (κ3) is 5.94. The first-order valence-electron chi connectivity index (χ1n) is 20.2. The summed E-state index contributed by atoms with van der Waals surface area (Å²) < 4.78 is 23.7. The number of aliphatic hydroxyl groups is 6. The van der Waals surface area contributed by atoms with Crippen molar-refractivity contribution in [3.8, 4) is 0 Å². The van der Waals surface area contributed by atoms with E-state index in [0.717, 1.165) is 64.2 Å². The lowest BCUT2D eigenvalue weighted by atomic mass is 9.33. The van der Waals surface area contributed by atoms with Crippen LogP contribution in [0.1, 0.15) is 113 Å². The van der Waals surface area contributed by atoms with Crippen LogP contribution in [0.4, 0.5) is 0 Å². The van der Waals surface area contributed by atoms with Crippen LogP contribution in [-0.4, -0.2) is 116 Å². The van der Waals surface area contributed by atoms with E-state index in [2.05, 4.69) is 54.5 Å². The molecule has 7 rings (SSSR count). The van der Waals surface area contributed by atoms with Crippen molar-refractivity contribution in [3.05, 3.63) is 11.6 Å². The second-order valence-corrected chi connectivity index (χ2v) is 20.2. The number of carboxylic acids is 1. The third-order valence-electron chi connectivity index (χ3n) is 16.9. The van der Waals surface area contributed by atoms with Crippen LogP contribution in [0.3, 0.4) is 0 Å². The second-order valence-electron chi connectivity index (χ2n) is 20.2. The molecule has 53 heavy (non-hydrogen) atoms. The van der Waals surface area contributed by atoms with Gasteiger partial charge in [-0.25, -0.2) is 0 Å². The highest BCUT2D eigenvalue weighted by Crippen LogP contribution is 2.76. The molecule has 7 N–H and O–H groups in total. The first kappa shape index (κ1) is 40.0. The molecule has 0 amide bonds. The van der Waals surface area contributed by atoms with Crippen LogP contribution in [0.5, 0.6) is 0 Å². The molecule has 7 aliphatic rings. The van der Waals surface area contributed by atoms with Crippen molar-refractivity contribution >= 4 is 5.97 Å². The quantitative estimate of drug-likeness (QED) is 0.155. The molecule has 0 radical (unpaired) electrons. The molecule has 0 aromatic carbocycles. The molecule has 2 saturated heterocycles. The maximum atomic E-state index is 13.0. The zero-order chi connectivity index (χ0) is 38.7. The summed E-state index contributed by atoms with van der Waals surface area (Å²) >= 11 is 0. The van der Waals surface area contributed by atoms with Gasteiger partial charge in [-0.15, -0.1) is 0 Å². The minimum absolute atomic E-state index is 0.0183. The van der Waals surface area contributed by atoms with Gasteiger partial charge in [0.1, 0.15) is 42.7 Å². The van der Waals surface area contributed by atoms with E-state index in [1.165, 1.54) is 5.57 Å². The van der Waals surface area contributed by atoms with Crippen molar-refractivity contribution in [3.63, 3.8) is 0 Å². The molecule has 0 spiro atoms. The molecule has 0 aromatic rings. The van der Waals surface area contributed by atoms with Gasteiger partial charge in [-0.2, -0.15) is 0 Å². The Hall–Kier alpha value is -1.19. The van der Waals surface area contributed by atoms with Crippen molar-refractivity contribution in [2.75, 3.05) is 13.2 Å². The molecule has 12 heteroatoms. The maximum absolute atomic E-state index is 13.0. The number of hydrogen-bond donors (Lipinski definition) is 7. The fourth-order valence-corrected chi connectivity index (χ4v) is 13.4. The second kappa shape index (κ2) is 13.5. The Balaban J connectivity index is 1.06. The third-order valence-corrected chi connectivity index (χ3v) is 16.9. The minimum atomic E-state index is -1.65. The highest BCUT2D eigenvalue weighted by molar-refractivity contribution is 5.76. The molecule has 17 unspecified atom stereocenters. The van der Waals surface area contributed by atoms with Crippen LogP contribution >= 0.6 is 0 Å². The number of aliphatic carboxylic acids is 1. The molecule has 2 aliphatic heterocycles. The van der Waals surface area contributed by atoms with Crippen LogP contribution in [-0.2, 0) is 23.7 Å². The van der Waals surface area contributed by atoms with Crippen LogP contribution in [0.15, 0.2) is 11.6 Å². The van der Waals surface area contributed by atoms with Crippen molar-refractivity contribution in [1.29, 1.82) is 0 Å². The normalized spacial score (nSPS) is 53.3. The van der Waals surface area contributed by atoms with Gasteiger partial charge >= 0.3 is 5.97 Å². The lowest BCUT2D eigenvalue weighted by Crippen LogP contribution is -2.66. The number of carboxylic acid groups (broad SMARTS) is 1. The topological polar surface area (TPSA) is 196 Å². The fraction of sp³-hybridized carbons (Fsp3) is 0.927. The van der Waals surface area contributed by atoms with E-state index < -0.39 is 73.3 Å². The molecule has 0 aromatic heterocycles. The number of carbonyl (C=O) groups is 1. The zero-order valence-corrected chi connectivity index (χ0v) is 32.7. The summed E-state index contributed by atoms with van der Waals surface area (Å²) in [7, 11) is 0. The lowest BCUT2D eigenvalue weighted by Gasteiger charge is -2.71. The van der Waals surface area contributed by atoms with Gasteiger partial charge in [-0.3, -0.25) is 4.79 Å². The SMILES string of the molecule is CC1(C)CCC2(C(=O)O)CCC3(C)C(=CCC4C5(C)CCC(OC6OCC(OC7OC(CO)C(O)C(O)C7O)C(O)C6O)C(C)(C)C5CCC43C)C2C1. The smallest absolute Gasteiger partial charge is 0.310 e. The Morgan fingerprint density at radius 2 is 1.47 bits per heavy atom. The van der Waals surface area contributed by atoms with E-state index >= 15 is 0 Å². The summed E-state index contributed by atoms with van der Waals surface area (Å²) in [5.41, 5.74) is 0.584. The summed E-state index contributed by atoms with van der Waals surface area (Å²) in [6.07, 6.45) is -1.38. The van der Waals surface area contributed by atoms with Crippen LogP contribution < -0.4 is 0 Å². The maximum Gasteiger partial charge on any atom is 0.310 e. The predicted octanol–water partition coefficient (Wildman–Crippen LogP) is 3.52. The molecule has 12 nitrogen and oxygen atoms in total. The van der Waals surface area contributed by atoms with Gasteiger partial charge in [-0.05, 0) is 109 Å². The average molecular weight is 751 g/mol. The van der Waals surface area contributed by atoms with Gasteiger partial charge in [-0.1, -0.05) is 60.1 Å².